The molecule has 0 atom stereocenters. The van der Waals surface area contributed by atoms with E-state index in [-0.39, 0.29) is 47.6 Å². The molecule has 1 aliphatic heterocycles. The maximum absolute atomic E-state index is 12.6. The molecule has 0 saturated carbocycles. The number of nitrogens with two attached hydrogens (primary N) is 1. The van der Waals surface area contributed by atoms with E-state index in [1.165, 1.54) is 24.3 Å². The Morgan fingerprint density at radius 3 is 2.64 bits per heavy atom. The van der Waals surface area contributed by atoms with Gasteiger partial charge < -0.3 is 15.8 Å². The lowest BCUT2D eigenvalue weighted by Crippen LogP contribution is -2.29. The van der Waals surface area contributed by atoms with Gasteiger partial charge >= 0.3 is 5.97 Å². The van der Waals surface area contributed by atoms with Gasteiger partial charge in [0.1, 0.15) is 0 Å². The van der Waals surface area contributed by atoms with E-state index in [9.17, 15) is 14.4 Å². The quantitative estimate of drug-likeness (QED) is 0.320. The van der Waals surface area contributed by atoms with Crippen LogP contribution in [0.3, 0.4) is 0 Å². The number of carbonyl (C=O) groups is 3. The molecule has 2 aromatic carbocycles. The number of benzene rings is 2. The molecular formula is C23H20N6O4. The minimum Gasteiger partial charge on any atom is -0.454 e. The number of fused-ring (bicyclic) bond motifs is 1. The minimum atomic E-state index is -0.701. The van der Waals surface area contributed by atoms with Gasteiger partial charge in [-0.3, -0.25) is 14.5 Å². The van der Waals surface area contributed by atoms with Gasteiger partial charge in [0.25, 0.3) is 11.8 Å². The van der Waals surface area contributed by atoms with Gasteiger partial charge in [-0.15, -0.1) is 6.58 Å². The second-order valence-electron chi connectivity index (χ2n) is 7.22. The maximum Gasteiger partial charge on any atom is 0.338 e. The number of esters is 1. The van der Waals surface area contributed by atoms with Crippen molar-refractivity contribution in [3.63, 3.8) is 0 Å². The summed E-state index contributed by atoms with van der Waals surface area (Å²) in [5.41, 5.74) is 8.06. The Balaban J connectivity index is 1.47. The topological polar surface area (TPSA) is 140 Å². The molecule has 0 radical (unpaired) electrons. The fraction of sp³-hybridized carbons (Fsp3) is 0.130. The second kappa shape index (κ2) is 8.87. The molecule has 10 nitrogen and oxygen atoms in total. The van der Waals surface area contributed by atoms with Crippen molar-refractivity contribution in [1.29, 1.82) is 0 Å². The Morgan fingerprint density at radius 2 is 1.88 bits per heavy atom. The molecule has 0 fully saturated rings. The first-order valence-corrected chi connectivity index (χ1v) is 9.98. The number of imide groups is 1. The van der Waals surface area contributed by atoms with Gasteiger partial charge in [0.05, 0.1) is 16.7 Å². The number of nitrogens with one attached hydrogen (secondary N) is 1. The summed E-state index contributed by atoms with van der Waals surface area (Å²) >= 11 is 0. The number of hydrogen-bond donors (Lipinski definition) is 2. The van der Waals surface area contributed by atoms with Crippen LogP contribution in [0.4, 0.5) is 17.6 Å². The van der Waals surface area contributed by atoms with Gasteiger partial charge in [-0.1, -0.05) is 24.3 Å². The van der Waals surface area contributed by atoms with Crippen molar-refractivity contribution >= 4 is 35.4 Å². The Morgan fingerprint density at radius 1 is 1.12 bits per heavy atom. The Kier molecular flexibility index (Phi) is 5.81. The maximum atomic E-state index is 12.6. The summed E-state index contributed by atoms with van der Waals surface area (Å²) in [6.45, 7) is 5.30. The fourth-order valence-corrected chi connectivity index (χ4v) is 3.32. The number of amides is 2. The predicted octanol–water partition coefficient (Wildman–Crippen LogP) is 2.64. The number of nitrogens with zero attached hydrogens (tertiary/aromatic N) is 4. The highest BCUT2D eigenvalue weighted by molar-refractivity contribution is 6.22. The summed E-state index contributed by atoms with van der Waals surface area (Å²) in [6, 6.07) is 11.8. The lowest BCUT2D eigenvalue weighted by atomic mass is 10.1. The van der Waals surface area contributed by atoms with Gasteiger partial charge in [0.15, 0.2) is 12.4 Å². The fourth-order valence-electron chi connectivity index (χ4n) is 3.32. The number of ether oxygens (including phenoxy) is 1. The van der Waals surface area contributed by atoms with Crippen LogP contribution in [0.1, 0.15) is 42.5 Å². The highest BCUT2D eigenvalue weighted by Crippen LogP contribution is 2.24. The van der Waals surface area contributed by atoms with Crippen LogP contribution >= 0.6 is 0 Å². The number of rotatable bonds is 7. The number of para-hydroxylation sites is 1. The number of aryl methyl sites for hydroxylation is 1. The number of nitrogen functional groups attached to an aromatic ring is 1. The van der Waals surface area contributed by atoms with Crippen molar-refractivity contribution in [2.75, 3.05) is 17.6 Å². The van der Waals surface area contributed by atoms with Crippen LogP contribution in [-0.4, -0.2) is 44.2 Å². The zero-order valence-corrected chi connectivity index (χ0v) is 17.7. The van der Waals surface area contributed by atoms with Crippen LogP contribution < -0.4 is 11.1 Å². The van der Waals surface area contributed by atoms with Gasteiger partial charge in [0.2, 0.25) is 11.9 Å². The average molecular weight is 444 g/mol. The Hall–Kier alpha value is -4.60. The first-order valence-electron chi connectivity index (χ1n) is 9.98. The molecular weight excluding hydrogens is 424 g/mol. The molecule has 2 heterocycles. The third-order valence-electron chi connectivity index (χ3n) is 4.94. The van der Waals surface area contributed by atoms with E-state index in [1.807, 2.05) is 31.2 Å². The lowest BCUT2D eigenvalue weighted by Gasteiger charge is -2.10. The van der Waals surface area contributed by atoms with Gasteiger partial charge in [-0.2, -0.15) is 15.0 Å². The zero-order valence-electron chi connectivity index (χ0n) is 17.7. The third kappa shape index (κ3) is 4.40. The van der Waals surface area contributed by atoms with Crippen molar-refractivity contribution in [2.24, 2.45) is 0 Å². The van der Waals surface area contributed by atoms with Crippen LogP contribution in [0.5, 0.6) is 0 Å². The molecule has 1 aliphatic rings. The molecule has 2 amide bonds. The van der Waals surface area contributed by atoms with Crippen LogP contribution in [0, 0.1) is 6.92 Å². The van der Waals surface area contributed by atoms with E-state index < -0.39 is 17.8 Å². The Bertz CT molecular complexity index is 1290. The zero-order chi connectivity index (χ0) is 23.5. The lowest BCUT2D eigenvalue weighted by molar-refractivity contribution is 0.0462. The molecule has 0 aliphatic carbocycles. The molecule has 1 aromatic heterocycles. The molecule has 3 aromatic rings. The number of carbonyl (C=O) groups excluding carboxylic acids is 3. The molecule has 0 saturated heterocycles. The van der Waals surface area contributed by atoms with E-state index in [0.717, 1.165) is 16.2 Å². The summed E-state index contributed by atoms with van der Waals surface area (Å²) in [7, 11) is 0. The van der Waals surface area contributed by atoms with Crippen LogP contribution in [0.25, 0.3) is 0 Å². The van der Waals surface area contributed by atoms with Gasteiger partial charge in [-0.05, 0) is 36.8 Å². The molecule has 0 spiro atoms. The highest BCUT2D eigenvalue weighted by Gasteiger charge is 2.35. The largest absolute Gasteiger partial charge is 0.454 e. The van der Waals surface area contributed by atoms with Crippen molar-refractivity contribution in [3.05, 3.63) is 83.2 Å². The summed E-state index contributed by atoms with van der Waals surface area (Å²) in [6.07, 6.45) is 1.46. The van der Waals surface area contributed by atoms with Crippen LogP contribution in [-0.2, 0) is 11.3 Å². The van der Waals surface area contributed by atoms with E-state index in [1.54, 1.807) is 0 Å². The van der Waals surface area contributed by atoms with Crippen molar-refractivity contribution in [3.8, 4) is 0 Å². The summed E-state index contributed by atoms with van der Waals surface area (Å²) in [4.78, 5) is 50.7. The van der Waals surface area contributed by atoms with Crippen molar-refractivity contribution in [2.45, 2.75) is 13.5 Å². The molecule has 0 bridgehead atoms. The highest BCUT2D eigenvalue weighted by atomic mass is 16.5. The SMILES string of the molecule is C=CCN1C(=O)c2ccc(C(=O)OCc3nc(N)nc(Nc4ccccc4C)n3)cc2C1=O. The standard InChI is InChI=1S/C23H20N6O4/c1-3-10-29-19(30)15-9-8-14(11-16(15)20(29)31)21(32)33-12-18-26-22(24)28-23(27-18)25-17-7-5-4-6-13(17)2/h3-9,11H,1,10,12H2,2H3,(H3,24,25,26,27,28). The predicted molar refractivity (Wildman–Crippen MR) is 120 cm³/mol. The number of anilines is 3. The molecule has 0 unspecified atom stereocenters. The average Bonchev–Trinajstić information content (AvgIpc) is 3.03. The molecule has 4 rings (SSSR count). The summed E-state index contributed by atoms with van der Waals surface area (Å²) < 4.78 is 5.29. The van der Waals surface area contributed by atoms with E-state index in [4.69, 9.17) is 10.5 Å². The first kappa shape index (κ1) is 21.6. The monoisotopic (exact) mass is 444 g/mol. The minimum absolute atomic E-state index is 0.0314. The summed E-state index contributed by atoms with van der Waals surface area (Å²) in [5.74, 6) is -1.28. The van der Waals surface area contributed by atoms with Crippen molar-refractivity contribution < 1.29 is 19.1 Å². The van der Waals surface area contributed by atoms with Crippen LogP contribution in [0.15, 0.2) is 55.1 Å². The number of aromatic nitrogens is 3. The smallest absolute Gasteiger partial charge is 0.338 e. The van der Waals surface area contributed by atoms with E-state index in [2.05, 4.69) is 26.8 Å². The Labute approximate surface area is 189 Å². The van der Waals surface area contributed by atoms with Gasteiger partial charge in [0, 0.05) is 12.2 Å². The first-order chi connectivity index (χ1) is 15.9. The molecule has 3 N–H and O–H groups in total. The summed E-state index contributed by atoms with van der Waals surface area (Å²) in [5, 5.41) is 3.06. The van der Waals surface area contributed by atoms with E-state index >= 15 is 0 Å². The van der Waals surface area contributed by atoms with Crippen LogP contribution in [0.2, 0.25) is 0 Å². The third-order valence-corrected chi connectivity index (χ3v) is 4.94. The second-order valence-corrected chi connectivity index (χ2v) is 7.22. The molecule has 166 valence electrons. The molecule has 33 heavy (non-hydrogen) atoms. The van der Waals surface area contributed by atoms with Crippen molar-refractivity contribution in [1.82, 2.24) is 19.9 Å². The van der Waals surface area contributed by atoms with E-state index in [0.29, 0.717) is 0 Å². The van der Waals surface area contributed by atoms with Gasteiger partial charge in [-0.25, -0.2) is 4.79 Å². The molecule has 10 heteroatoms. The normalized spacial score (nSPS) is 12.5. The number of hydrogen-bond acceptors (Lipinski definition) is 9.